The molecule has 2 aromatic rings. The molecule has 1 aromatic heterocycles. The lowest BCUT2D eigenvalue weighted by Gasteiger charge is -2.07. The van der Waals surface area contributed by atoms with Gasteiger partial charge in [0.05, 0.1) is 12.3 Å². The van der Waals surface area contributed by atoms with E-state index in [2.05, 4.69) is 57.2 Å². The normalized spacial score (nSPS) is 15.3. The van der Waals surface area contributed by atoms with E-state index in [0.717, 1.165) is 36.6 Å². The maximum Gasteiger partial charge on any atom is 0.123 e. The number of fused-ring (bicyclic) bond motifs is 1. The van der Waals surface area contributed by atoms with Crippen LogP contribution in [0.15, 0.2) is 53.3 Å². The van der Waals surface area contributed by atoms with Crippen LogP contribution in [-0.4, -0.2) is 11.6 Å². The molecule has 30 heavy (non-hydrogen) atoms. The van der Waals surface area contributed by atoms with Gasteiger partial charge in [-0.25, -0.2) is 4.98 Å². The van der Waals surface area contributed by atoms with Crippen LogP contribution < -0.4 is 0 Å². The zero-order valence-electron chi connectivity index (χ0n) is 19.2. The molecule has 0 atom stereocenters. The average Bonchev–Trinajstić information content (AvgIpc) is 3.29. The van der Waals surface area contributed by atoms with Gasteiger partial charge in [-0.15, -0.1) is 11.3 Å². The Balaban J connectivity index is 0.00000124. The van der Waals surface area contributed by atoms with Crippen LogP contribution >= 0.6 is 11.3 Å². The molecule has 3 heteroatoms. The highest BCUT2D eigenvalue weighted by Crippen LogP contribution is 2.33. The third kappa shape index (κ3) is 5.51. The van der Waals surface area contributed by atoms with Crippen LogP contribution in [0.25, 0.3) is 10.6 Å². The van der Waals surface area contributed by atoms with E-state index >= 15 is 0 Å². The molecule has 160 valence electrons. The van der Waals surface area contributed by atoms with Gasteiger partial charge in [0.25, 0.3) is 0 Å². The van der Waals surface area contributed by atoms with Crippen molar-refractivity contribution in [2.45, 2.75) is 73.1 Å². The third-order valence-corrected chi connectivity index (χ3v) is 6.84. The van der Waals surface area contributed by atoms with E-state index in [4.69, 9.17) is 9.72 Å². The number of thiazole rings is 1. The Morgan fingerprint density at radius 3 is 2.60 bits per heavy atom. The number of aromatic nitrogens is 1. The van der Waals surface area contributed by atoms with Gasteiger partial charge in [0.2, 0.25) is 0 Å². The van der Waals surface area contributed by atoms with Crippen molar-refractivity contribution in [1.82, 2.24) is 4.98 Å². The Kier molecular flexibility index (Phi) is 8.09. The molecule has 0 bridgehead atoms. The van der Waals surface area contributed by atoms with Crippen LogP contribution in [0, 0.1) is 20.8 Å². The van der Waals surface area contributed by atoms with E-state index < -0.39 is 0 Å². The Bertz CT molecular complexity index is 961. The predicted octanol–water partition coefficient (Wildman–Crippen LogP) is 8.04. The largest absolute Gasteiger partial charge is 0.494 e. The molecule has 2 nitrogen and oxygen atoms in total. The van der Waals surface area contributed by atoms with Crippen LogP contribution in [0.4, 0.5) is 0 Å². The van der Waals surface area contributed by atoms with Crippen molar-refractivity contribution >= 4 is 11.3 Å². The second kappa shape index (κ2) is 10.8. The molecule has 1 aromatic carbocycles. The van der Waals surface area contributed by atoms with E-state index in [1.807, 2.05) is 13.8 Å². The van der Waals surface area contributed by atoms with Crippen molar-refractivity contribution in [2.75, 3.05) is 6.61 Å². The Labute approximate surface area is 186 Å². The van der Waals surface area contributed by atoms with Crippen molar-refractivity contribution in [3.8, 4) is 10.6 Å². The maximum atomic E-state index is 6.08. The second-order valence-electron chi connectivity index (χ2n) is 7.87. The Morgan fingerprint density at radius 1 is 1.00 bits per heavy atom. The third-order valence-electron chi connectivity index (χ3n) is 5.78. The Morgan fingerprint density at radius 2 is 1.80 bits per heavy atom. The highest BCUT2D eigenvalue weighted by Gasteiger charge is 2.15. The highest BCUT2D eigenvalue weighted by atomic mass is 32.1. The molecule has 1 fully saturated rings. The molecule has 0 saturated heterocycles. The first-order chi connectivity index (χ1) is 14.6. The number of aryl methyl sites for hydroxylation is 4. The van der Waals surface area contributed by atoms with E-state index in [-0.39, 0.29) is 0 Å². The fourth-order valence-electron chi connectivity index (χ4n) is 3.92. The van der Waals surface area contributed by atoms with Crippen LogP contribution in [-0.2, 0) is 11.2 Å². The first-order valence-corrected chi connectivity index (χ1v) is 12.2. The summed E-state index contributed by atoms with van der Waals surface area (Å²) in [5.74, 6) is 1.05. The zero-order chi connectivity index (χ0) is 21.5. The number of nitrogens with zero attached hydrogens (tertiary/aromatic N) is 1. The molecule has 0 radical (unpaired) electrons. The van der Waals surface area contributed by atoms with Gasteiger partial charge in [0.1, 0.15) is 10.8 Å². The number of benzene rings is 1. The van der Waals surface area contributed by atoms with Gasteiger partial charge in [0.15, 0.2) is 0 Å². The summed E-state index contributed by atoms with van der Waals surface area (Å²) in [5, 5.41) is 1.13. The minimum Gasteiger partial charge on any atom is -0.494 e. The molecule has 0 N–H and O–H groups in total. The summed E-state index contributed by atoms with van der Waals surface area (Å²) in [6, 6.07) is 6.62. The molecule has 2 aliphatic rings. The van der Waals surface area contributed by atoms with Crippen LogP contribution in [0.3, 0.4) is 0 Å². The maximum absolute atomic E-state index is 6.08. The Hall–Kier alpha value is -2.13. The van der Waals surface area contributed by atoms with Gasteiger partial charge in [-0.3, -0.25) is 0 Å². The fraction of sp³-hybridized carbons (Fsp3) is 0.444. The summed E-state index contributed by atoms with van der Waals surface area (Å²) >= 11 is 1.80. The van der Waals surface area contributed by atoms with Gasteiger partial charge in [-0.1, -0.05) is 32.1 Å². The van der Waals surface area contributed by atoms with Gasteiger partial charge in [0, 0.05) is 10.4 Å². The van der Waals surface area contributed by atoms with Crippen LogP contribution in [0.1, 0.15) is 67.6 Å². The monoisotopic (exact) mass is 421 g/mol. The van der Waals surface area contributed by atoms with E-state index in [0.29, 0.717) is 0 Å². The molecule has 0 aliphatic heterocycles. The topological polar surface area (TPSA) is 22.1 Å². The molecule has 4 rings (SSSR count). The molecular formula is C27H35NOS. The van der Waals surface area contributed by atoms with Crippen molar-refractivity contribution in [3.63, 3.8) is 0 Å². The summed E-state index contributed by atoms with van der Waals surface area (Å²) in [4.78, 5) is 6.24. The summed E-state index contributed by atoms with van der Waals surface area (Å²) in [6.07, 6.45) is 13.5. The number of hydrogen-bond acceptors (Lipinski definition) is 3. The SMILES string of the molecule is CC.Cc1ccc(-c2nc(CCCOC3=CCC=C4CCCC4=C3)c(C)s2)cc1C. The first kappa shape index (κ1) is 22.6. The number of ether oxygens (including phenoxy) is 1. The molecule has 0 spiro atoms. The van der Waals surface area contributed by atoms with Crippen molar-refractivity contribution in [1.29, 1.82) is 0 Å². The molecule has 1 heterocycles. The fourth-order valence-corrected chi connectivity index (χ4v) is 4.88. The van der Waals surface area contributed by atoms with Crippen molar-refractivity contribution in [2.24, 2.45) is 0 Å². The molecule has 1 saturated carbocycles. The summed E-state index contributed by atoms with van der Waals surface area (Å²) in [5.41, 5.74) is 8.12. The quantitative estimate of drug-likeness (QED) is 0.440. The number of rotatable bonds is 6. The standard InChI is InChI=1S/C25H29NOS.C2H6/c1-17-12-13-22(15-18(17)2)25-26-24(19(3)28-25)11-6-14-27-23-10-5-8-20-7-4-9-21(20)16-23;1-2/h8,10,12-13,15-16H,4-7,9,11,14H2,1-3H3;1-2H3. The van der Waals surface area contributed by atoms with Gasteiger partial charge in [-0.05, 0) is 99.8 Å². The van der Waals surface area contributed by atoms with E-state index in [1.54, 1.807) is 11.3 Å². The van der Waals surface area contributed by atoms with Gasteiger partial charge < -0.3 is 4.74 Å². The molecular weight excluding hydrogens is 386 g/mol. The summed E-state index contributed by atoms with van der Waals surface area (Å²) in [6.45, 7) is 11.3. The smallest absolute Gasteiger partial charge is 0.123 e. The number of allylic oxidation sites excluding steroid dienone is 5. The van der Waals surface area contributed by atoms with Gasteiger partial charge >= 0.3 is 0 Å². The lowest BCUT2D eigenvalue weighted by atomic mass is 10.1. The molecule has 0 amide bonds. The first-order valence-electron chi connectivity index (χ1n) is 11.4. The minimum absolute atomic E-state index is 0.751. The molecule has 0 unspecified atom stereocenters. The lowest BCUT2D eigenvalue weighted by Crippen LogP contribution is -1.98. The van der Waals surface area contributed by atoms with Crippen molar-refractivity contribution < 1.29 is 4.74 Å². The van der Waals surface area contributed by atoms with E-state index in [1.165, 1.54) is 57.7 Å². The lowest BCUT2D eigenvalue weighted by molar-refractivity contribution is 0.219. The second-order valence-corrected chi connectivity index (χ2v) is 9.07. The average molecular weight is 422 g/mol. The highest BCUT2D eigenvalue weighted by molar-refractivity contribution is 7.15. The van der Waals surface area contributed by atoms with Crippen LogP contribution in [0.5, 0.6) is 0 Å². The predicted molar refractivity (Wildman–Crippen MR) is 130 cm³/mol. The molecule has 2 aliphatic carbocycles. The van der Waals surface area contributed by atoms with Gasteiger partial charge in [-0.2, -0.15) is 0 Å². The number of hydrogen-bond donors (Lipinski definition) is 0. The van der Waals surface area contributed by atoms with Crippen molar-refractivity contribution in [3.05, 3.63) is 75.0 Å². The zero-order valence-corrected chi connectivity index (χ0v) is 20.0. The summed E-state index contributed by atoms with van der Waals surface area (Å²) in [7, 11) is 0. The summed E-state index contributed by atoms with van der Waals surface area (Å²) < 4.78 is 6.08. The van der Waals surface area contributed by atoms with E-state index in [9.17, 15) is 0 Å². The minimum atomic E-state index is 0.751. The van der Waals surface area contributed by atoms with Crippen LogP contribution in [0.2, 0.25) is 0 Å².